The smallest absolute Gasteiger partial charge is 0.138 e. The lowest BCUT2D eigenvalue weighted by atomic mass is 9.33. The van der Waals surface area contributed by atoms with E-state index in [9.17, 15) is 9.90 Å². The van der Waals surface area contributed by atoms with Crippen molar-refractivity contribution in [1.29, 1.82) is 0 Å². The summed E-state index contributed by atoms with van der Waals surface area (Å²) in [7, 11) is 0. The Bertz CT molecular complexity index is 851. The van der Waals surface area contributed by atoms with Gasteiger partial charge in [0.15, 0.2) is 0 Å². The molecule has 0 heterocycles. The van der Waals surface area contributed by atoms with Gasteiger partial charge >= 0.3 is 0 Å². The molecule has 180 valence electrons. The molecule has 1 unspecified atom stereocenters. The number of Topliss-reactive ketones (excluding diaryl/α,β-unsaturated/α-hetero) is 1. The van der Waals surface area contributed by atoms with Gasteiger partial charge in [-0.05, 0) is 97.2 Å². The first-order chi connectivity index (χ1) is 14.8. The first-order valence-corrected chi connectivity index (χ1v) is 13.6. The Kier molecular flexibility index (Phi) is 4.87. The summed E-state index contributed by atoms with van der Waals surface area (Å²) in [6.07, 6.45) is 14.2. The predicted octanol–water partition coefficient (Wildman–Crippen LogP) is 7.35. The van der Waals surface area contributed by atoms with Gasteiger partial charge < -0.3 is 5.11 Å². The summed E-state index contributed by atoms with van der Waals surface area (Å²) in [5.41, 5.74) is 2.81. The highest BCUT2D eigenvalue weighted by molar-refractivity contribution is 5.85. The second-order valence-electron chi connectivity index (χ2n) is 14.9. The molecule has 5 rings (SSSR count). The summed E-state index contributed by atoms with van der Waals surface area (Å²) in [4.78, 5) is 12.9. The second-order valence-corrected chi connectivity index (χ2v) is 14.9. The van der Waals surface area contributed by atoms with Crippen LogP contribution in [-0.4, -0.2) is 17.5 Å². The van der Waals surface area contributed by atoms with E-state index in [4.69, 9.17) is 0 Å². The molecule has 0 saturated heterocycles. The Morgan fingerprint density at radius 2 is 1.59 bits per heavy atom. The van der Waals surface area contributed by atoms with Crippen molar-refractivity contribution in [2.24, 2.45) is 50.2 Å². The second kappa shape index (κ2) is 6.73. The van der Waals surface area contributed by atoms with Gasteiger partial charge in [-0.2, -0.15) is 0 Å². The number of allylic oxidation sites excluding steroid dienone is 2. The first-order valence-electron chi connectivity index (χ1n) is 13.6. The predicted molar refractivity (Wildman–Crippen MR) is 131 cm³/mol. The molecule has 1 N–H and O–H groups in total. The molecule has 7 atom stereocenters. The maximum atomic E-state index is 12.9. The third-order valence-corrected chi connectivity index (χ3v) is 12.9. The van der Waals surface area contributed by atoms with Crippen molar-refractivity contribution in [3.8, 4) is 0 Å². The Morgan fingerprint density at radius 1 is 0.906 bits per heavy atom. The molecule has 2 nitrogen and oxygen atoms in total. The van der Waals surface area contributed by atoms with Gasteiger partial charge in [0.2, 0.25) is 0 Å². The molecule has 0 bridgehead atoms. The Balaban J connectivity index is 1.59. The van der Waals surface area contributed by atoms with Crippen molar-refractivity contribution < 1.29 is 9.90 Å². The summed E-state index contributed by atoms with van der Waals surface area (Å²) in [5, 5.41) is 10.6. The molecule has 5 aliphatic rings. The number of aliphatic hydroxyl groups is 1. The zero-order valence-corrected chi connectivity index (χ0v) is 21.9. The number of hydrogen-bond acceptors (Lipinski definition) is 2. The minimum absolute atomic E-state index is 0.115. The van der Waals surface area contributed by atoms with Crippen molar-refractivity contribution in [1.82, 2.24) is 0 Å². The summed E-state index contributed by atoms with van der Waals surface area (Å²) in [6.45, 7) is 17.5. The SMILES string of the molecule is CC1(C)CC[C@]2(CO)CC[C@]3(C)C(=CCC4[C@@]5(C)CCC(=O)C(C)(C)[C@@H]5CC[C@]43C)[C@@H]2C1. The largest absolute Gasteiger partial charge is 0.396 e. The van der Waals surface area contributed by atoms with Gasteiger partial charge in [0.1, 0.15) is 5.78 Å². The Hall–Kier alpha value is -0.630. The van der Waals surface area contributed by atoms with Crippen molar-refractivity contribution in [3.63, 3.8) is 0 Å². The quantitative estimate of drug-likeness (QED) is 0.433. The van der Waals surface area contributed by atoms with Gasteiger partial charge in [-0.15, -0.1) is 0 Å². The highest BCUT2D eigenvalue weighted by atomic mass is 16.3. The summed E-state index contributed by atoms with van der Waals surface area (Å²) in [6, 6.07) is 0. The molecule has 0 aromatic heterocycles. The van der Waals surface area contributed by atoms with E-state index < -0.39 is 0 Å². The fourth-order valence-electron chi connectivity index (χ4n) is 10.4. The van der Waals surface area contributed by atoms with Crippen molar-refractivity contribution in [2.75, 3.05) is 6.61 Å². The molecular weight excluding hydrogens is 392 g/mol. The topological polar surface area (TPSA) is 37.3 Å². The highest BCUT2D eigenvalue weighted by Crippen LogP contribution is 2.75. The number of carbonyl (C=O) groups excluding carboxylic acids is 1. The van der Waals surface area contributed by atoms with Crippen LogP contribution < -0.4 is 0 Å². The summed E-state index contributed by atoms with van der Waals surface area (Å²) < 4.78 is 0. The van der Waals surface area contributed by atoms with Crippen molar-refractivity contribution >= 4 is 5.78 Å². The lowest BCUT2D eigenvalue weighted by Gasteiger charge is -2.70. The molecule has 4 fully saturated rings. The van der Waals surface area contributed by atoms with Crippen LogP contribution >= 0.6 is 0 Å². The highest BCUT2D eigenvalue weighted by Gasteiger charge is 2.68. The van der Waals surface area contributed by atoms with Crippen LogP contribution in [0.5, 0.6) is 0 Å². The fraction of sp³-hybridized carbons (Fsp3) is 0.900. The van der Waals surface area contributed by atoms with E-state index in [1.165, 1.54) is 51.4 Å². The van der Waals surface area contributed by atoms with E-state index in [0.29, 0.717) is 41.0 Å². The van der Waals surface area contributed by atoms with Gasteiger partial charge in [-0.25, -0.2) is 0 Å². The third kappa shape index (κ3) is 2.71. The monoisotopic (exact) mass is 440 g/mol. The molecule has 32 heavy (non-hydrogen) atoms. The summed E-state index contributed by atoms with van der Waals surface area (Å²) >= 11 is 0. The fourth-order valence-corrected chi connectivity index (χ4v) is 10.4. The molecule has 0 aromatic carbocycles. The molecule has 0 spiro atoms. The lowest BCUT2D eigenvalue weighted by molar-refractivity contribution is -0.186. The van der Waals surface area contributed by atoms with Crippen LogP contribution in [0.4, 0.5) is 0 Å². The molecule has 0 amide bonds. The Labute approximate surface area is 197 Å². The van der Waals surface area contributed by atoms with Crippen LogP contribution in [0.3, 0.4) is 0 Å². The standard InChI is InChI=1S/C30H48O2/c1-25(2)14-16-30(19-31)17-15-28(6)20(21(30)18-25)8-9-23-27(5)12-11-24(32)26(3,4)22(27)10-13-29(23,28)7/h8,21-23,31H,9-19H2,1-7H3/t21-,22-,23?,27-,28+,29+,30+/m0/s1. The van der Waals surface area contributed by atoms with Gasteiger partial charge in [0.05, 0.1) is 0 Å². The van der Waals surface area contributed by atoms with Gasteiger partial charge in [-0.3, -0.25) is 4.79 Å². The minimum atomic E-state index is -0.175. The van der Waals surface area contributed by atoms with Crippen molar-refractivity contribution in [2.45, 2.75) is 113 Å². The van der Waals surface area contributed by atoms with Crippen LogP contribution in [0.2, 0.25) is 0 Å². The molecular formula is C30H48O2. The summed E-state index contributed by atoms with van der Waals surface area (Å²) in [5.74, 6) is 2.22. The zero-order valence-electron chi connectivity index (χ0n) is 21.9. The van der Waals surface area contributed by atoms with Crippen LogP contribution in [0.15, 0.2) is 11.6 Å². The lowest BCUT2D eigenvalue weighted by Crippen LogP contribution is -2.64. The normalized spacial score (nSPS) is 51.6. The number of fused-ring (bicyclic) bond motifs is 7. The van der Waals surface area contributed by atoms with Gasteiger partial charge in [0, 0.05) is 23.9 Å². The molecule has 0 aliphatic heterocycles. The van der Waals surface area contributed by atoms with E-state index >= 15 is 0 Å². The number of rotatable bonds is 1. The maximum Gasteiger partial charge on any atom is 0.138 e. The number of ketones is 1. The van der Waals surface area contributed by atoms with Crippen LogP contribution in [0, 0.1) is 50.2 Å². The zero-order chi connectivity index (χ0) is 23.4. The maximum absolute atomic E-state index is 12.9. The third-order valence-electron chi connectivity index (χ3n) is 12.9. The average Bonchev–Trinajstić information content (AvgIpc) is 2.71. The van der Waals surface area contributed by atoms with Gasteiger partial charge in [-0.1, -0.05) is 60.1 Å². The minimum Gasteiger partial charge on any atom is -0.396 e. The number of hydrogen-bond donors (Lipinski definition) is 1. The van der Waals surface area contributed by atoms with Crippen molar-refractivity contribution in [3.05, 3.63) is 11.6 Å². The van der Waals surface area contributed by atoms with E-state index in [2.05, 4.69) is 54.5 Å². The number of carbonyl (C=O) groups is 1. The molecule has 0 aromatic rings. The van der Waals surface area contributed by atoms with E-state index in [0.717, 1.165) is 12.8 Å². The average molecular weight is 441 g/mol. The first kappa shape index (κ1) is 23.1. The molecule has 2 heteroatoms. The van der Waals surface area contributed by atoms with E-state index in [1.54, 1.807) is 5.57 Å². The Morgan fingerprint density at radius 3 is 2.28 bits per heavy atom. The molecule has 4 saturated carbocycles. The number of aliphatic hydroxyl groups excluding tert-OH is 1. The van der Waals surface area contributed by atoms with Crippen LogP contribution in [0.25, 0.3) is 0 Å². The van der Waals surface area contributed by atoms with Gasteiger partial charge in [0.25, 0.3) is 0 Å². The molecule has 5 aliphatic carbocycles. The molecule has 0 radical (unpaired) electrons. The van der Waals surface area contributed by atoms with Crippen LogP contribution in [-0.2, 0) is 4.79 Å². The van der Waals surface area contributed by atoms with Crippen LogP contribution in [0.1, 0.15) is 113 Å². The van der Waals surface area contributed by atoms with E-state index in [1.807, 2.05) is 0 Å². The van der Waals surface area contributed by atoms with E-state index in [-0.39, 0.29) is 21.7 Å².